The van der Waals surface area contributed by atoms with E-state index in [-0.39, 0.29) is 18.7 Å². The number of ether oxygens (including phenoxy) is 2. The lowest BCUT2D eigenvalue weighted by Gasteiger charge is -2.14. The van der Waals surface area contributed by atoms with Crippen LogP contribution in [0.25, 0.3) is 0 Å². The highest BCUT2D eigenvalue weighted by Crippen LogP contribution is 2.11. The minimum atomic E-state index is -0.296. The maximum atomic E-state index is 11.7. The Morgan fingerprint density at radius 3 is 2.86 bits per heavy atom. The molecule has 0 radical (unpaired) electrons. The first-order valence-corrected chi connectivity index (χ1v) is 6.92. The quantitative estimate of drug-likeness (QED) is 0.599. The molecule has 0 unspecified atom stereocenters. The molecule has 0 aliphatic carbocycles. The van der Waals surface area contributed by atoms with Crippen LogP contribution in [0.2, 0.25) is 0 Å². The van der Waals surface area contributed by atoms with Gasteiger partial charge in [0.25, 0.3) is 0 Å². The Morgan fingerprint density at radius 1 is 1.43 bits per heavy atom. The average molecular weight is 297 g/mol. The summed E-state index contributed by atoms with van der Waals surface area (Å²) in [4.78, 5) is 15.8. The highest BCUT2D eigenvalue weighted by atomic mass is 16.5. The molecule has 0 spiro atoms. The van der Waals surface area contributed by atoms with Gasteiger partial charge in [0.05, 0.1) is 18.5 Å². The van der Waals surface area contributed by atoms with Gasteiger partial charge >= 0.3 is 6.03 Å². The van der Waals surface area contributed by atoms with Crippen molar-refractivity contribution in [1.29, 1.82) is 0 Å². The Kier molecular flexibility index (Phi) is 8.15. The molecule has 0 saturated heterocycles. The predicted octanol–water partition coefficient (Wildman–Crippen LogP) is 1.39. The Labute approximate surface area is 124 Å². The highest BCUT2D eigenvalue weighted by Gasteiger charge is 2.07. The molecule has 118 valence electrons. The summed E-state index contributed by atoms with van der Waals surface area (Å²) in [5, 5.41) is 14.2. The van der Waals surface area contributed by atoms with Crippen LogP contribution < -0.4 is 15.4 Å². The number of nitrogens with one attached hydrogen (secondary N) is 2. The third-order valence-electron chi connectivity index (χ3n) is 2.70. The van der Waals surface area contributed by atoms with Crippen molar-refractivity contribution in [3.05, 3.63) is 18.3 Å². The van der Waals surface area contributed by atoms with E-state index in [0.29, 0.717) is 31.2 Å². The van der Waals surface area contributed by atoms with Crippen LogP contribution in [0.3, 0.4) is 0 Å². The Hall–Kier alpha value is -1.86. The number of anilines is 1. The van der Waals surface area contributed by atoms with E-state index in [2.05, 4.69) is 15.6 Å². The van der Waals surface area contributed by atoms with Gasteiger partial charge in [-0.1, -0.05) is 0 Å². The summed E-state index contributed by atoms with van der Waals surface area (Å²) in [5.74, 6) is 0.481. The summed E-state index contributed by atoms with van der Waals surface area (Å²) in [6, 6.07) is 3.10. The Bertz CT molecular complexity index is 411. The second-order valence-electron chi connectivity index (χ2n) is 4.59. The number of aliphatic hydroxyl groups is 1. The van der Waals surface area contributed by atoms with Crippen molar-refractivity contribution >= 4 is 11.7 Å². The van der Waals surface area contributed by atoms with Crippen molar-refractivity contribution in [3.63, 3.8) is 0 Å². The molecule has 2 amide bonds. The molecule has 1 heterocycles. The molecule has 1 atom stereocenters. The van der Waals surface area contributed by atoms with Crippen LogP contribution in [0.1, 0.15) is 19.8 Å². The molecule has 0 aliphatic rings. The number of aliphatic hydroxyl groups excluding tert-OH is 1. The molecule has 7 heteroatoms. The highest BCUT2D eigenvalue weighted by molar-refractivity contribution is 5.89. The third kappa shape index (κ3) is 7.48. The standard InChI is InChI=1S/C14H23N3O4/c1-11(4-3-7-18)16-14(19)17-12-5-6-13(15-10-12)21-9-8-20-2/h5-6,10-11,18H,3-4,7-9H2,1-2H3,(H2,16,17,19)/t11-/m0/s1. The molecule has 0 aromatic carbocycles. The molecule has 0 aliphatic heterocycles. The number of methoxy groups -OCH3 is 1. The van der Waals surface area contributed by atoms with Crippen molar-refractivity contribution in [3.8, 4) is 5.88 Å². The summed E-state index contributed by atoms with van der Waals surface area (Å²) in [5.41, 5.74) is 0.584. The molecule has 21 heavy (non-hydrogen) atoms. The smallest absolute Gasteiger partial charge is 0.319 e. The van der Waals surface area contributed by atoms with Crippen LogP contribution in [0.4, 0.5) is 10.5 Å². The van der Waals surface area contributed by atoms with Crippen LogP contribution in [-0.4, -0.2) is 49.1 Å². The first-order valence-electron chi connectivity index (χ1n) is 6.92. The number of hydrogen-bond donors (Lipinski definition) is 3. The van der Waals surface area contributed by atoms with Crippen LogP contribution >= 0.6 is 0 Å². The number of carbonyl (C=O) groups is 1. The molecular weight excluding hydrogens is 274 g/mol. The number of carbonyl (C=O) groups excluding carboxylic acids is 1. The third-order valence-corrected chi connectivity index (χ3v) is 2.70. The first-order chi connectivity index (χ1) is 10.2. The van der Waals surface area contributed by atoms with Crippen molar-refractivity contribution < 1.29 is 19.4 Å². The summed E-state index contributed by atoms with van der Waals surface area (Å²) in [6.45, 7) is 2.94. The van der Waals surface area contributed by atoms with E-state index < -0.39 is 0 Å². The molecule has 1 aromatic heterocycles. The fraction of sp³-hybridized carbons (Fsp3) is 0.571. The zero-order chi connectivity index (χ0) is 15.5. The van der Waals surface area contributed by atoms with Gasteiger partial charge in [-0.15, -0.1) is 0 Å². The number of rotatable bonds is 9. The number of pyridine rings is 1. The largest absolute Gasteiger partial charge is 0.475 e. The Balaban J connectivity index is 2.35. The molecule has 3 N–H and O–H groups in total. The van der Waals surface area contributed by atoms with E-state index >= 15 is 0 Å². The van der Waals surface area contributed by atoms with Crippen LogP contribution in [0, 0.1) is 0 Å². The van der Waals surface area contributed by atoms with Crippen molar-refractivity contribution in [2.24, 2.45) is 0 Å². The topological polar surface area (TPSA) is 92.7 Å². The zero-order valence-electron chi connectivity index (χ0n) is 12.5. The number of amides is 2. The van der Waals surface area contributed by atoms with Gasteiger partial charge in [0.15, 0.2) is 0 Å². The number of urea groups is 1. The van der Waals surface area contributed by atoms with Gasteiger partial charge in [0, 0.05) is 25.8 Å². The Morgan fingerprint density at radius 2 is 2.24 bits per heavy atom. The minimum absolute atomic E-state index is 0.00163. The lowest BCUT2D eigenvalue weighted by molar-refractivity contribution is 0.144. The van der Waals surface area contributed by atoms with Gasteiger partial charge in [-0.2, -0.15) is 0 Å². The second-order valence-corrected chi connectivity index (χ2v) is 4.59. The maximum Gasteiger partial charge on any atom is 0.319 e. The lowest BCUT2D eigenvalue weighted by atomic mass is 10.2. The molecular formula is C14H23N3O4. The monoisotopic (exact) mass is 297 g/mol. The van der Waals surface area contributed by atoms with Gasteiger partial charge in [-0.05, 0) is 25.8 Å². The summed E-state index contributed by atoms with van der Waals surface area (Å²) < 4.78 is 10.2. The van der Waals surface area contributed by atoms with Crippen molar-refractivity contribution in [2.45, 2.75) is 25.8 Å². The molecule has 0 saturated carbocycles. The van der Waals surface area contributed by atoms with Gasteiger partial charge in [-0.25, -0.2) is 9.78 Å². The second kappa shape index (κ2) is 9.95. The number of nitrogens with zero attached hydrogens (tertiary/aromatic N) is 1. The van der Waals surface area contributed by atoms with E-state index in [9.17, 15) is 4.79 Å². The van der Waals surface area contributed by atoms with E-state index in [1.54, 1.807) is 19.2 Å². The van der Waals surface area contributed by atoms with Gasteiger partial charge in [0.1, 0.15) is 6.61 Å². The molecule has 0 bridgehead atoms. The van der Waals surface area contributed by atoms with Gasteiger partial charge in [-0.3, -0.25) is 0 Å². The fourth-order valence-corrected chi connectivity index (χ4v) is 1.63. The molecule has 1 rings (SSSR count). The number of hydrogen-bond acceptors (Lipinski definition) is 5. The van der Waals surface area contributed by atoms with E-state index in [4.69, 9.17) is 14.6 Å². The van der Waals surface area contributed by atoms with Crippen LogP contribution in [0.5, 0.6) is 5.88 Å². The van der Waals surface area contributed by atoms with Gasteiger partial charge < -0.3 is 25.2 Å². The first kappa shape index (κ1) is 17.2. The minimum Gasteiger partial charge on any atom is -0.475 e. The van der Waals surface area contributed by atoms with Crippen molar-refractivity contribution in [1.82, 2.24) is 10.3 Å². The van der Waals surface area contributed by atoms with Gasteiger partial charge in [0.2, 0.25) is 5.88 Å². The van der Waals surface area contributed by atoms with E-state index in [0.717, 1.165) is 6.42 Å². The normalized spacial score (nSPS) is 11.8. The molecule has 0 fully saturated rings. The van der Waals surface area contributed by atoms with Crippen LogP contribution in [-0.2, 0) is 4.74 Å². The summed E-state index contributed by atoms with van der Waals surface area (Å²) in [7, 11) is 1.60. The maximum absolute atomic E-state index is 11.7. The average Bonchev–Trinajstić information content (AvgIpc) is 2.47. The van der Waals surface area contributed by atoms with Crippen molar-refractivity contribution in [2.75, 3.05) is 32.2 Å². The molecule has 7 nitrogen and oxygen atoms in total. The SMILES string of the molecule is COCCOc1ccc(NC(=O)N[C@@H](C)CCCO)cn1. The number of aromatic nitrogens is 1. The van der Waals surface area contributed by atoms with E-state index in [1.807, 2.05) is 6.92 Å². The lowest BCUT2D eigenvalue weighted by Crippen LogP contribution is -2.36. The zero-order valence-corrected chi connectivity index (χ0v) is 12.5. The van der Waals surface area contributed by atoms with E-state index in [1.165, 1.54) is 6.20 Å². The molecule has 1 aromatic rings. The fourth-order valence-electron chi connectivity index (χ4n) is 1.63. The van der Waals surface area contributed by atoms with Crippen LogP contribution in [0.15, 0.2) is 18.3 Å². The summed E-state index contributed by atoms with van der Waals surface area (Å²) >= 11 is 0. The predicted molar refractivity (Wildman–Crippen MR) is 79.5 cm³/mol. The summed E-state index contributed by atoms with van der Waals surface area (Å²) in [6.07, 6.45) is 2.92.